The number of amides is 1. The van der Waals surface area contributed by atoms with Crippen molar-refractivity contribution in [1.82, 2.24) is 18.9 Å². The van der Waals surface area contributed by atoms with Crippen LogP contribution in [0.4, 0.5) is 10.1 Å². The van der Waals surface area contributed by atoms with E-state index in [4.69, 9.17) is 5.41 Å². The van der Waals surface area contributed by atoms with Crippen LogP contribution < -0.4 is 10.6 Å². The number of carbonyl (C=O) groups excluding carboxylic acids is 1. The maximum atomic E-state index is 13.2. The van der Waals surface area contributed by atoms with Crippen LogP contribution in [0.25, 0.3) is 0 Å². The number of nitrogens with zero attached hydrogens (tertiary/aromatic N) is 3. The molecular weight excluding hydrogens is 503 g/mol. The van der Waals surface area contributed by atoms with E-state index in [0.29, 0.717) is 25.1 Å². The number of hydrogen-bond acceptors (Lipinski definition) is 6. The highest BCUT2D eigenvalue weighted by Crippen LogP contribution is 2.50. The molecule has 9 nitrogen and oxygen atoms in total. The van der Waals surface area contributed by atoms with Crippen LogP contribution in [0, 0.1) is 17.1 Å². The van der Waals surface area contributed by atoms with E-state index >= 15 is 0 Å². The zero-order valence-electron chi connectivity index (χ0n) is 20.7. The molecule has 4 rings (SSSR count). The number of hydrogen-bond donors (Lipinski definition) is 3. The van der Waals surface area contributed by atoms with Gasteiger partial charge < -0.3 is 10.6 Å². The average Bonchev–Trinajstić information content (AvgIpc) is 2.79. The van der Waals surface area contributed by atoms with Crippen molar-refractivity contribution in [3.05, 3.63) is 59.2 Å². The molecule has 1 aromatic heterocycles. The van der Waals surface area contributed by atoms with Gasteiger partial charge in [-0.2, -0.15) is 0 Å². The van der Waals surface area contributed by atoms with Crippen LogP contribution in [0.15, 0.2) is 36.5 Å². The van der Waals surface area contributed by atoms with Crippen LogP contribution in [0.1, 0.15) is 41.9 Å². The molecule has 1 aromatic carbocycles. The van der Waals surface area contributed by atoms with Crippen molar-refractivity contribution in [1.29, 1.82) is 5.41 Å². The van der Waals surface area contributed by atoms with E-state index in [-0.39, 0.29) is 28.6 Å². The molecule has 0 radical (unpaired) electrons. The number of aromatic nitrogens is 1. The molecule has 12 heteroatoms. The Labute approximate surface area is 215 Å². The van der Waals surface area contributed by atoms with Gasteiger partial charge in [0.2, 0.25) is 16.0 Å². The Balaban J connectivity index is 1.54. The molecule has 0 bridgehead atoms. The highest BCUT2D eigenvalue weighted by atomic mass is 32.2. The maximum absolute atomic E-state index is 13.2. The first-order chi connectivity index (χ1) is 16.9. The van der Waals surface area contributed by atoms with Crippen molar-refractivity contribution in [2.24, 2.45) is 5.92 Å². The highest BCUT2D eigenvalue weighted by molar-refractivity contribution is 7.98. The summed E-state index contributed by atoms with van der Waals surface area (Å²) in [5.41, 5.74) is 2.18. The highest BCUT2D eigenvalue weighted by Gasteiger charge is 2.53. The van der Waals surface area contributed by atoms with E-state index in [9.17, 15) is 17.6 Å². The third-order valence-electron chi connectivity index (χ3n) is 6.49. The number of sulfonamides is 1. The number of anilines is 1. The molecule has 194 valence electrons. The maximum Gasteiger partial charge on any atom is 0.274 e. The summed E-state index contributed by atoms with van der Waals surface area (Å²) in [6.45, 7) is 4.13. The lowest BCUT2D eigenvalue weighted by Gasteiger charge is -2.54. The third kappa shape index (κ3) is 5.21. The van der Waals surface area contributed by atoms with E-state index in [1.54, 1.807) is 11.4 Å². The first-order valence-electron chi connectivity index (χ1n) is 11.7. The Bertz CT molecular complexity index is 1270. The lowest BCUT2D eigenvalue weighted by atomic mass is 9.67. The first-order valence-corrected chi connectivity index (χ1v) is 14.1. The van der Waals surface area contributed by atoms with Gasteiger partial charge in [0.25, 0.3) is 5.91 Å². The van der Waals surface area contributed by atoms with Crippen molar-refractivity contribution in [2.75, 3.05) is 31.7 Å². The van der Waals surface area contributed by atoms with E-state index < -0.39 is 27.3 Å². The molecule has 3 N–H and O–H groups in total. The van der Waals surface area contributed by atoms with Crippen LogP contribution in [0.2, 0.25) is 0 Å². The molecule has 1 unspecified atom stereocenters. The van der Waals surface area contributed by atoms with Crippen LogP contribution in [0.5, 0.6) is 0 Å². The smallest absolute Gasteiger partial charge is 0.274 e. The summed E-state index contributed by atoms with van der Waals surface area (Å²) < 4.78 is 41.6. The fourth-order valence-corrected chi connectivity index (χ4v) is 7.28. The lowest BCUT2D eigenvalue weighted by molar-refractivity contribution is 0.102. The number of pyridine rings is 1. The average molecular weight is 535 g/mol. The normalized spacial score (nSPS) is 21.4. The van der Waals surface area contributed by atoms with Gasteiger partial charge in [0.1, 0.15) is 11.5 Å². The minimum atomic E-state index is -3.35. The van der Waals surface area contributed by atoms with Crippen molar-refractivity contribution in [3.63, 3.8) is 0 Å². The zero-order valence-corrected chi connectivity index (χ0v) is 22.3. The number of benzene rings is 1. The van der Waals surface area contributed by atoms with Crippen molar-refractivity contribution < 1.29 is 17.6 Å². The Hall–Kier alpha value is -2.70. The molecule has 2 atom stereocenters. The van der Waals surface area contributed by atoms with Crippen LogP contribution in [-0.2, 0) is 22.0 Å². The van der Waals surface area contributed by atoms with Gasteiger partial charge in [-0.05, 0) is 59.7 Å². The second-order valence-corrected chi connectivity index (χ2v) is 13.1. The summed E-state index contributed by atoms with van der Waals surface area (Å²) in [7, 11) is 0.0750. The second kappa shape index (κ2) is 9.98. The van der Waals surface area contributed by atoms with E-state index in [1.165, 1.54) is 28.4 Å². The Morgan fingerprint density at radius 1 is 1.39 bits per heavy atom. The van der Waals surface area contributed by atoms with Crippen molar-refractivity contribution in [3.8, 4) is 0 Å². The molecule has 2 aliphatic rings. The number of rotatable bonds is 8. The molecule has 1 spiro atoms. The SMILES string of the molecule is CC(C)CS(=O)(=O)N(C)CCC1SN(C)C(=N)N[C@@]12Cc1ccc(NC(=O)c3ccc(F)cn3)cc12. The van der Waals surface area contributed by atoms with E-state index in [0.717, 1.165) is 17.3 Å². The Morgan fingerprint density at radius 3 is 2.81 bits per heavy atom. The number of halogens is 1. The van der Waals surface area contributed by atoms with Crippen molar-refractivity contribution in [2.45, 2.75) is 37.5 Å². The summed E-state index contributed by atoms with van der Waals surface area (Å²) in [4.78, 5) is 16.4. The summed E-state index contributed by atoms with van der Waals surface area (Å²) in [5, 5.41) is 14.5. The lowest BCUT2D eigenvalue weighted by Crippen LogP contribution is -2.65. The van der Waals surface area contributed by atoms with Crippen molar-refractivity contribution >= 4 is 39.5 Å². The summed E-state index contributed by atoms with van der Waals surface area (Å²) in [6.07, 6.45) is 2.26. The number of guanidine groups is 1. The molecule has 36 heavy (non-hydrogen) atoms. The quantitative estimate of drug-likeness (QED) is 0.446. The monoisotopic (exact) mass is 534 g/mol. The zero-order chi connectivity index (χ0) is 26.3. The minimum Gasteiger partial charge on any atom is -0.345 e. The predicted octanol–water partition coefficient (Wildman–Crippen LogP) is 3.02. The first kappa shape index (κ1) is 26.4. The van der Waals surface area contributed by atoms with Gasteiger partial charge in [0, 0.05) is 32.7 Å². The van der Waals surface area contributed by atoms with Crippen LogP contribution in [-0.4, -0.2) is 65.5 Å². The minimum absolute atomic E-state index is 0.0366. The summed E-state index contributed by atoms with van der Waals surface area (Å²) in [6, 6.07) is 8.14. The largest absolute Gasteiger partial charge is 0.345 e. The van der Waals surface area contributed by atoms with Crippen LogP contribution in [0.3, 0.4) is 0 Å². The molecule has 2 aromatic rings. The number of nitrogens with one attached hydrogen (secondary N) is 3. The fourth-order valence-electron chi connectivity index (χ4n) is 4.61. The number of fused-ring (bicyclic) bond motifs is 2. The van der Waals surface area contributed by atoms with Crippen LogP contribution >= 0.6 is 11.9 Å². The number of carbonyl (C=O) groups is 1. The Morgan fingerprint density at radius 2 is 2.14 bits per heavy atom. The molecule has 0 saturated carbocycles. The van der Waals surface area contributed by atoms with Gasteiger partial charge in [-0.1, -0.05) is 19.9 Å². The second-order valence-electron chi connectivity index (χ2n) is 9.68. The Kier molecular flexibility index (Phi) is 7.31. The molecule has 1 aliphatic carbocycles. The molecule has 1 amide bonds. The molecule has 1 saturated heterocycles. The summed E-state index contributed by atoms with van der Waals surface area (Å²) >= 11 is 1.52. The predicted molar refractivity (Wildman–Crippen MR) is 140 cm³/mol. The molecule has 1 aliphatic heterocycles. The van der Waals surface area contributed by atoms with Gasteiger partial charge in [0.15, 0.2) is 0 Å². The van der Waals surface area contributed by atoms with Gasteiger partial charge in [-0.15, -0.1) is 0 Å². The van der Waals surface area contributed by atoms with Gasteiger partial charge in [0.05, 0.1) is 22.7 Å². The fraction of sp³-hybridized carbons (Fsp3) is 0.458. The van der Waals surface area contributed by atoms with Gasteiger partial charge >= 0.3 is 0 Å². The van der Waals surface area contributed by atoms with E-state index in [1.807, 2.05) is 39.1 Å². The third-order valence-corrected chi connectivity index (χ3v) is 10.1. The van der Waals surface area contributed by atoms with Gasteiger partial charge in [-0.25, -0.2) is 22.1 Å². The molecular formula is C24H31FN6O3S2. The van der Waals surface area contributed by atoms with Gasteiger partial charge in [-0.3, -0.25) is 14.5 Å². The molecule has 1 fully saturated rings. The van der Waals surface area contributed by atoms with E-state index in [2.05, 4.69) is 15.6 Å². The topological polar surface area (TPSA) is 118 Å². The summed E-state index contributed by atoms with van der Waals surface area (Å²) in [5.74, 6) is -0.554. The standard InChI is InChI=1S/C24H31FN6O3S2/c1-15(2)14-36(33,34)30(3)10-9-21-24(29-23(26)31(4)35-21)12-16-5-7-18(11-19(16)24)28-22(32)20-8-6-17(25)13-27-20/h5-8,11,13,15,21H,9-10,12,14H2,1-4H3,(H2,26,29)(H,28,32)/t21?,24-/m1/s1. The molecule has 2 heterocycles.